The third-order valence-electron chi connectivity index (χ3n) is 2.37. The van der Waals surface area contributed by atoms with Gasteiger partial charge in [-0.3, -0.25) is 4.68 Å². The van der Waals surface area contributed by atoms with Crippen LogP contribution in [-0.2, 0) is 20.1 Å². The molecular formula is C11H18N6. The first-order valence-corrected chi connectivity index (χ1v) is 5.72. The van der Waals surface area contributed by atoms with Crippen LogP contribution >= 0.6 is 0 Å². The van der Waals surface area contributed by atoms with Crippen LogP contribution in [0.15, 0.2) is 18.7 Å². The number of hydrogen-bond donors (Lipinski definition) is 1. The van der Waals surface area contributed by atoms with Gasteiger partial charge >= 0.3 is 0 Å². The van der Waals surface area contributed by atoms with Crippen LogP contribution < -0.4 is 5.32 Å². The molecule has 0 spiro atoms. The van der Waals surface area contributed by atoms with E-state index in [1.807, 2.05) is 30.3 Å². The SMILES string of the molecule is CC(C)NCc1cn(Cc2cn(C)nn2)cn1. The second-order valence-electron chi connectivity index (χ2n) is 4.46. The minimum Gasteiger partial charge on any atom is -0.331 e. The van der Waals surface area contributed by atoms with Crippen molar-refractivity contribution in [2.45, 2.75) is 33.0 Å². The number of aryl methyl sites for hydroxylation is 1. The molecule has 92 valence electrons. The highest BCUT2D eigenvalue weighted by Gasteiger charge is 2.03. The van der Waals surface area contributed by atoms with Crippen molar-refractivity contribution in [1.82, 2.24) is 29.9 Å². The lowest BCUT2D eigenvalue weighted by Gasteiger charge is -2.04. The van der Waals surface area contributed by atoms with Gasteiger partial charge in [0.05, 0.1) is 18.6 Å². The monoisotopic (exact) mass is 234 g/mol. The second-order valence-corrected chi connectivity index (χ2v) is 4.46. The summed E-state index contributed by atoms with van der Waals surface area (Å²) in [5, 5.41) is 11.3. The molecule has 6 heteroatoms. The van der Waals surface area contributed by atoms with Crippen molar-refractivity contribution in [2.75, 3.05) is 0 Å². The van der Waals surface area contributed by atoms with Crippen molar-refractivity contribution in [3.63, 3.8) is 0 Å². The van der Waals surface area contributed by atoms with Gasteiger partial charge in [-0.15, -0.1) is 5.10 Å². The van der Waals surface area contributed by atoms with E-state index in [4.69, 9.17) is 0 Å². The minimum atomic E-state index is 0.472. The molecular weight excluding hydrogens is 216 g/mol. The third-order valence-corrected chi connectivity index (χ3v) is 2.37. The summed E-state index contributed by atoms with van der Waals surface area (Å²) in [5.41, 5.74) is 1.98. The Hall–Kier alpha value is -1.69. The predicted molar refractivity (Wildman–Crippen MR) is 64.3 cm³/mol. The molecule has 0 unspecified atom stereocenters. The topological polar surface area (TPSA) is 60.6 Å². The molecule has 0 aliphatic rings. The van der Waals surface area contributed by atoms with Crippen LogP contribution in [0.4, 0.5) is 0 Å². The highest BCUT2D eigenvalue weighted by Crippen LogP contribution is 2.01. The first-order valence-electron chi connectivity index (χ1n) is 5.72. The number of aromatic nitrogens is 5. The fraction of sp³-hybridized carbons (Fsp3) is 0.545. The van der Waals surface area contributed by atoms with E-state index in [0.717, 1.165) is 17.9 Å². The normalized spacial score (nSPS) is 11.3. The maximum atomic E-state index is 4.34. The van der Waals surface area contributed by atoms with E-state index in [-0.39, 0.29) is 0 Å². The van der Waals surface area contributed by atoms with Gasteiger partial charge in [0.2, 0.25) is 0 Å². The average Bonchev–Trinajstić information content (AvgIpc) is 2.86. The maximum absolute atomic E-state index is 4.34. The molecule has 17 heavy (non-hydrogen) atoms. The van der Waals surface area contributed by atoms with Crippen molar-refractivity contribution in [2.24, 2.45) is 7.05 Å². The highest BCUT2D eigenvalue weighted by molar-refractivity contribution is 5.00. The largest absolute Gasteiger partial charge is 0.331 e. The molecule has 0 aliphatic heterocycles. The number of rotatable bonds is 5. The zero-order chi connectivity index (χ0) is 12.3. The zero-order valence-corrected chi connectivity index (χ0v) is 10.5. The van der Waals surface area contributed by atoms with Gasteiger partial charge in [-0.2, -0.15) is 0 Å². The Morgan fingerprint density at radius 1 is 1.29 bits per heavy atom. The first kappa shape index (κ1) is 11.8. The molecule has 2 heterocycles. The van der Waals surface area contributed by atoms with Gasteiger partial charge in [-0.05, 0) is 0 Å². The third kappa shape index (κ3) is 3.39. The highest BCUT2D eigenvalue weighted by atomic mass is 15.4. The lowest BCUT2D eigenvalue weighted by Crippen LogP contribution is -2.21. The summed E-state index contributed by atoms with van der Waals surface area (Å²) < 4.78 is 3.72. The molecule has 0 bridgehead atoms. The van der Waals surface area contributed by atoms with E-state index in [2.05, 4.69) is 34.5 Å². The molecule has 2 rings (SSSR count). The van der Waals surface area contributed by atoms with E-state index < -0.39 is 0 Å². The fourth-order valence-corrected chi connectivity index (χ4v) is 1.55. The van der Waals surface area contributed by atoms with E-state index in [0.29, 0.717) is 12.6 Å². The van der Waals surface area contributed by atoms with Crippen LogP contribution in [0, 0.1) is 0 Å². The Bertz CT molecular complexity index is 470. The number of hydrogen-bond acceptors (Lipinski definition) is 4. The van der Waals surface area contributed by atoms with Gasteiger partial charge in [0.15, 0.2) is 0 Å². The average molecular weight is 234 g/mol. The van der Waals surface area contributed by atoms with Crippen molar-refractivity contribution in [3.05, 3.63) is 30.1 Å². The van der Waals surface area contributed by atoms with Gasteiger partial charge in [-0.25, -0.2) is 4.98 Å². The molecule has 0 fully saturated rings. The predicted octanol–water partition coefficient (Wildman–Crippen LogP) is 0.558. The zero-order valence-electron chi connectivity index (χ0n) is 10.5. The molecule has 0 radical (unpaired) electrons. The lowest BCUT2D eigenvalue weighted by atomic mass is 10.3. The summed E-state index contributed by atoms with van der Waals surface area (Å²) in [4.78, 5) is 4.34. The Balaban J connectivity index is 1.94. The summed E-state index contributed by atoms with van der Waals surface area (Å²) in [7, 11) is 1.86. The molecule has 0 atom stereocenters. The Morgan fingerprint density at radius 3 is 2.76 bits per heavy atom. The fourth-order valence-electron chi connectivity index (χ4n) is 1.55. The van der Waals surface area contributed by atoms with Crippen LogP contribution in [0.25, 0.3) is 0 Å². The Kier molecular flexibility index (Phi) is 3.53. The van der Waals surface area contributed by atoms with E-state index in [1.165, 1.54) is 0 Å². The van der Waals surface area contributed by atoms with Crippen molar-refractivity contribution in [1.29, 1.82) is 0 Å². The summed E-state index contributed by atoms with van der Waals surface area (Å²) in [6.45, 7) is 5.75. The number of imidazole rings is 1. The quantitative estimate of drug-likeness (QED) is 0.821. The van der Waals surface area contributed by atoms with Gasteiger partial charge in [-0.1, -0.05) is 19.1 Å². The van der Waals surface area contributed by atoms with Gasteiger partial charge in [0.25, 0.3) is 0 Å². The maximum Gasteiger partial charge on any atom is 0.102 e. The smallest absolute Gasteiger partial charge is 0.102 e. The molecule has 1 N–H and O–H groups in total. The van der Waals surface area contributed by atoms with Gasteiger partial charge < -0.3 is 9.88 Å². The van der Waals surface area contributed by atoms with E-state index >= 15 is 0 Å². The summed E-state index contributed by atoms with van der Waals surface area (Å²) in [5.74, 6) is 0. The molecule has 2 aromatic rings. The molecule has 0 aromatic carbocycles. The van der Waals surface area contributed by atoms with Crippen molar-refractivity contribution >= 4 is 0 Å². The molecule has 0 amide bonds. The van der Waals surface area contributed by atoms with Crippen LogP contribution in [0.2, 0.25) is 0 Å². The van der Waals surface area contributed by atoms with Crippen LogP contribution in [0.5, 0.6) is 0 Å². The van der Waals surface area contributed by atoms with Crippen LogP contribution in [-0.4, -0.2) is 30.6 Å². The molecule has 0 saturated carbocycles. The van der Waals surface area contributed by atoms with Gasteiger partial charge in [0.1, 0.15) is 5.69 Å². The molecule has 0 aliphatic carbocycles. The standard InChI is InChI=1S/C11H18N6/c1-9(2)12-4-10-6-17(8-13-10)7-11-5-16(3)15-14-11/h5-6,8-9,12H,4,7H2,1-3H3. The van der Waals surface area contributed by atoms with Crippen LogP contribution in [0.3, 0.4) is 0 Å². The number of nitrogens with zero attached hydrogens (tertiary/aromatic N) is 5. The summed E-state index contributed by atoms with van der Waals surface area (Å²) in [6, 6.07) is 0.472. The van der Waals surface area contributed by atoms with E-state index in [1.54, 1.807) is 4.68 Å². The lowest BCUT2D eigenvalue weighted by molar-refractivity contribution is 0.582. The first-order chi connectivity index (χ1) is 8.13. The molecule has 2 aromatic heterocycles. The molecule has 0 saturated heterocycles. The summed E-state index contributed by atoms with van der Waals surface area (Å²) >= 11 is 0. The van der Waals surface area contributed by atoms with Crippen LogP contribution in [0.1, 0.15) is 25.2 Å². The number of nitrogens with one attached hydrogen (secondary N) is 1. The summed E-state index contributed by atoms with van der Waals surface area (Å²) in [6.07, 6.45) is 5.77. The minimum absolute atomic E-state index is 0.472. The van der Waals surface area contributed by atoms with E-state index in [9.17, 15) is 0 Å². The Morgan fingerprint density at radius 2 is 2.12 bits per heavy atom. The molecule has 6 nitrogen and oxygen atoms in total. The van der Waals surface area contributed by atoms with Crippen molar-refractivity contribution in [3.8, 4) is 0 Å². The van der Waals surface area contributed by atoms with Gasteiger partial charge in [0, 0.05) is 32.0 Å². The van der Waals surface area contributed by atoms with Crippen molar-refractivity contribution < 1.29 is 0 Å². The second kappa shape index (κ2) is 5.09. The Labute approximate surface area is 101 Å².